The highest BCUT2D eigenvalue weighted by molar-refractivity contribution is 5.82. The average molecular weight is 194 g/mol. The van der Waals surface area contributed by atoms with E-state index in [1.165, 1.54) is 19.3 Å². The van der Waals surface area contributed by atoms with Crippen LogP contribution in [0.4, 0.5) is 0 Å². The molecule has 0 radical (unpaired) electrons. The molecule has 0 saturated heterocycles. The van der Waals surface area contributed by atoms with Crippen molar-refractivity contribution >= 4 is 5.78 Å². The third kappa shape index (κ3) is 1.51. The van der Waals surface area contributed by atoms with Crippen molar-refractivity contribution in [3.05, 3.63) is 0 Å². The molecule has 0 unspecified atom stereocenters. The summed E-state index contributed by atoms with van der Waals surface area (Å²) in [5.41, 5.74) is 0.410. The first-order chi connectivity index (χ1) is 6.52. The molecule has 0 aromatic rings. The van der Waals surface area contributed by atoms with E-state index in [1.807, 2.05) is 0 Å². The Kier molecular flexibility index (Phi) is 2.45. The first-order valence-corrected chi connectivity index (χ1v) is 6.05. The standard InChI is InChI=1S/C13H22O/c1-9-7-8-13(2,3)10-5-4-6-11(14)12(9)10/h9-10,12H,4-8H2,1-3H3/t9-,10+,12-/m0/s1. The van der Waals surface area contributed by atoms with Crippen LogP contribution in [0.3, 0.4) is 0 Å². The second-order valence-corrected chi connectivity index (χ2v) is 6.00. The molecule has 2 aliphatic rings. The van der Waals surface area contributed by atoms with E-state index >= 15 is 0 Å². The minimum absolute atomic E-state index is 0.396. The van der Waals surface area contributed by atoms with Crippen LogP contribution in [0.2, 0.25) is 0 Å². The van der Waals surface area contributed by atoms with Gasteiger partial charge in [-0.15, -0.1) is 0 Å². The number of rotatable bonds is 0. The van der Waals surface area contributed by atoms with Crippen LogP contribution in [-0.4, -0.2) is 5.78 Å². The summed E-state index contributed by atoms with van der Waals surface area (Å²) in [5, 5.41) is 0. The molecule has 0 bridgehead atoms. The lowest BCUT2D eigenvalue weighted by Gasteiger charge is -2.48. The van der Waals surface area contributed by atoms with Crippen molar-refractivity contribution in [2.45, 2.75) is 52.9 Å². The molecular weight excluding hydrogens is 172 g/mol. The van der Waals surface area contributed by atoms with Crippen molar-refractivity contribution in [1.82, 2.24) is 0 Å². The van der Waals surface area contributed by atoms with Crippen molar-refractivity contribution in [3.63, 3.8) is 0 Å². The van der Waals surface area contributed by atoms with Gasteiger partial charge < -0.3 is 0 Å². The van der Waals surface area contributed by atoms with Crippen molar-refractivity contribution in [2.75, 3.05) is 0 Å². The third-order valence-corrected chi connectivity index (χ3v) is 4.60. The number of ketones is 1. The second-order valence-electron chi connectivity index (χ2n) is 6.00. The molecule has 0 spiro atoms. The maximum Gasteiger partial charge on any atom is 0.136 e. The number of carbonyl (C=O) groups is 1. The molecule has 0 aliphatic heterocycles. The Bertz CT molecular complexity index is 242. The minimum atomic E-state index is 0.396. The van der Waals surface area contributed by atoms with Crippen LogP contribution in [0.5, 0.6) is 0 Å². The van der Waals surface area contributed by atoms with E-state index in [2.05, 4.69) is 20.8 Å². The number of fused-ring (bicyclic) bond motifs is 1. The van der Waals surface area contributed by atoms with Gasteiger partial charge >= 0.3 is 0 Å². The molecule has 0 amide bonds. The Labute approximate surface area is 87.3 Å². The predicted molar refractivity (Wildman–Crippen MR) is 58.0 cm³/mol. The van der Waals surface area contributed by atoms with Crippen LogP contribution < -0.4 is 0 Å². The van der Waals surface area contributed by atoms with Crippen molar-refractivity contribution in [1.29, 1.82) is 0 Å². The van der Waals surface area contributed by atoms with E-state index in [4.69, 9.17) is 0 Å². The molecule has 0 aromatic carbocycles. The molecule has 1 nitrogen and oxygen atoms in total. The van der Waals surface area contributed by atoms with Gasteiger partial charge in [-0.3, -0.25) is 4.79 Å². The molecule has 2 aliphatic carbocycles. The number of hydrogen-bond donors (Lipinski definition) is 0. The normalized spacial score (nSPS) is 41.9. The molecule has 2 fully saturated rings. The molecule has 1 heteroatoms. The molecule has 0 aromatic heterocycles. The fourth-order valence-corrected chi connectivity index (χ4v) is 3.62. The second kappa shape index (κ2) is 3.36. The lowest BCUT2D eigenvalue weighted by Crippen LogP contribution is -2.45. The average Bonchev–Trinajstić information content (AvgIpc) is 2.12. The van der Waals surface area contributed by atoms with Gasteiger partial charge in [-0.1, -0.05) is 20.8 Å². The first kappa shape index (κ1) is 10.2. The van der Waals surface area contributed by atoms with Crippen molar-refractivity contribution < 1.29 is 4.79 Å². The zero-order chi connectivity index (χ0) is 10.3. The zero-order valence-corrected chi connectivity index (χ0v) is 9.68. The van der Waals surface area contributed by atoms with Crippen LogP contribution in [0.15, 0.2) is 0 Å². The Hall–Kier alpha value is -0.330. The van der Waals surface area contributed by atoms with Gasteiger partial charge in [0, 0.05) is 12.3 Å². The first-order valence-electron chi connectivity index (χ1n) is 6.05. The summed E-state index contributed by atoms with van der Waals surface area (Å²) in [7, 11) is 0. The highest BCUT2D eigenvalue weighted by Gasteiger charge is 2.46. The Morgan fingerprint density at radius 1 is 1.29 bits per heavy atom. The van der Waals surface area contributed by atoms with Gasteiger partial charge in [0.05, 0.1) is 0 Å². The van der Waals surface area contributed by atoms with Crippen LogP contribution in [0.1, 0.15) is 52.9 Å². The summed E-state index contributed by atoms with van der Waals surface area (Å²) < 4.78 is 0. The van der Waals surface area contributed by atoms with Gasteiger partial charge in [-0.25, -0.2) is 0 Å². The molecular formula is C13H22O. The summed E-state index contributed by atoms with van der Waals surface area (Å²) in [6.07, 6.45) is 5.83. The summed E-state index contributed by atoms with van der Waals surface area (Å²) in [6.45, 7) is 6.99. The summed E-state index contributed by atoms with van der Waals surface area (Å²) in [5.74, 6) is 2.27. The van der Waals surface area contributed by atoms with E-state index in [0.29, 0.717) is 29.0 Å². The maximum absolute atomic E-state index is 11.9. The Morgan fingerprint density at radius 3 is 2.64 bits per heavy atom. The lowest BCUT2D eigenvalue weighted by atomic mass is 9.55. The smallest absolute Gasteiger partial charge is 0.136 e. The Balaban J connectivity index is 2.25. The van der Waals surface area contributed by atoms with Gasteiger partial charge in [0.15, 0.2) is 0 Å². The predicted octanol–water partition coefficient (Wildman–Crippen LogP) is 3.43. The van der Waals surface area contributed by atoms with E-state index in [-0.39, 0.29) is 0 Å². The van der Waals surface area contributed by atoms with Gasteiger partial charge in [0.25, 0.3) is 0 Å². The quantitative estimate of drug-likeness (QED) is 0.577. The van der Waals surface area contributed by atoms with Crippen molar-refractivity contribution in [3.8, 4) is 0 Å². The summed E-state index contributed by atoms with van der Waals surface area (Å²) in [4.78, 5) is 11.9. The molecule has 0 N–H and O–H groups in total. The third-order valence-electron chi connectivity index (χ3n) is 4.60. The Morgan fingerprint density at radius 2 is 2.00 bits per heavy atom. The molecule has 14 heavy (non-hydrogen) atoms. The summed E-state index contributed by atoms with van der Waals surface area (Å²) in [6, 6.07) is 0. The van der Waals surface area contributed by atoms with Crippen molar-refractivity contribution in [2.24, 2.45) is 23.2 Å². The fraction of sp³-hybridized carbons (Fsp3) is 0.923. The molecule has 2 rings (SSSR count). The van der Waals surface area contributed by atoms with Gasteiger partial charge in [-0.2, -0.15) is 0 Å². The van der Waals surface area contributed by atoms with E-state index in [1.54, 1.807) is 0 Å². The highest BCUT2D eigenvalue weighted by atomic mass is 16.1. The van der Waals surface area contributed by atoms with Crippen LogP contribution in [0, 0.1) is 23.2 Å². The zero-order valence-electron chi connectivity index (χ0n) is 9.68. The van der Waals surface area contributed by atoms with E-state index in [0.717, 1.165) is 12.8 Å². The fourth-order valence-electron chi connectivity index (χ4n) is 3.62. The van der Waals surface area contributed by atoms with Crippen LogP contribution in [0.25, 0.3) is 0 Å². The van der Waals surface area contributed by atoms with Gasteiger partial charge in [-0.05, 0) is 42.9 Å². The van der Waals surface area contributed by atoms with E-state index in [9.17, 15) is 4.79 Å². The monoisotopic (exact) mass is 194 g/mol. The van der Waals surface area contributed by atoms with Gasteiger partial charge in [0.1, 0.15) is 5.78 Å². The molecule has 2 saturated carbocycles. The number of carbonyl (C=O) groups excluding carboxylic acids is 1. The van der Waals surface area contributed by atoms with Gasteiger partial charge in [0.2, 0.25) is 0 Å². The summed E-state index contributed by atoms with van der Waals surface area (Å²) >= 11 is 0. The van der Waals surface area contributed by atoms with E-state index < -0.39 is 0 Å². The van der Waals surface area contributed by atoms with Crippen LogP contribution in [-0.2, 0) is 4.79 Å². The number of hydrogen-bond acceptors (Lipinski definition) is 1. The highest BCUT2D eigenvalue weighted by Crippen LogP contribution is 2.51. The topological polar surface area (TPSA) is 17.1 Å². The molecule has 3 atom stereocenters. The molecule has 0 heterocycles. The number of Topliss-reactive ketones (excluding diaryl/α,β-unsaturated/α-hetero) is 1. The molecule has 80 valence electrons. The van der Waals surface area contributed by atoms with Crippen LogP contribution >= 0.6 is 0 Å². The maximum atomic E-state index is 11.9. The SMILES string of the molecule is C[C@H]1CCC(C)(C)[C@@H]2CCCC(=O)[C@H]21. The lowest BCUT2D eigenvalue weighted by molar-refractivity contribution is -0.135. The minimum Gasteiger partial charge on any atom is -0.299 e. The largest absolute Gasteiger partial charge is 0.299 e.